The zero-order chi connectivity index (χ0) is 20.9. The zero-order valence-corrected chi connectivity index (χ0v) is 17.8. The molecule has 0 radical (unpaired) electrons. The number of carbonyl (C=O) groups is 2. The highest BCUT2D eigenvalue weighted by Crippen LogP contribution is 2.23. The second-order valence-corrected chi connectivity index (χ2v) is 9.42. The molecule has 0 bridgehead atoms. The van der Waals surface area contributed by atoms with Crippen LogP contribution in [-0.4, -0.2) is 62.1 Å². The molecule has 0 aliphatic carbocycles. The van der Waals surface area contributed by atoms with E-state index in [9.17, 15) is 18.0 Å². The molecule has 156 valence electrons. The molecule has 2 N–H and O–H groups in total. The van der Waals surface area contributed by atoms with Gasteiger partial charge in [0.1, 0.15) is 0 Å². The average Bonchev–Trinajstić information content (AvgIpc) is 2.68. The molecule has 1 aromatic carbocycles. The summed E-state index contributed by atoms with van der Waals surface area (Å²) in [7, 11) is -0.467. The fourth-order valence-electron chi connectivity index (χ4n) is 3.01. The van der Waals surface area contributed by atoms with Crippen molar-refractivity contribution in [3.63, 3.8) is 0 Å². The molecule has 1 fully saturated rings. The number of hydrogen-bond acceptors (Lipinski definition) is 4. The van der Waals surface area contributed by atoms with Crippen molar-refractivity contribution in [2.24, 2.45) is 5.92 Å². The summed E-state index contributed by atoms with van der Waals surface area (Å²) in [4.78, 5) is 25.2. The first-order valence-electron chi connectivity index (χ1n) is 9.55. The van der Waals surface area contributed by atoms with E-state index in [0.717, 1.165) is 6.42 Å². The molecule has 2 rings (SSSR count). The molecule has 0 unspecified atom stereocenters. The Hall–Kier alpha value is -1.97. The van der Waals surface area contributed by atoms with Crippen LogP contribution in [0.3, 0.4) is 0 Å². The van der Waals surface area contributed by atoms with Crippen molar-refractivity contribution in [2.75, 3.05) is 32.5 Å². The number of carbonyl (C=O) groups excluding carboxylic acids is 2. The van der Waals surface area contributed by atoms with Crippen LogP contribution in [-0.2, 0) is 15.0 Å². The van der Waals surface area contributed by atoms with Gasteiger partial charge in [-0.15, -0.1) is 0 Å². The summed E-state index contributed by atoms with van der Waals surface area (Å²) in [6.07, 6.45) is 1.70. The molecule has 8 nitrogen and oxygen atoms in total. The molecule has 1 aliphatic heterocycles. The van der Waals surface area contributed by atoms with Crippen molar-refractivity contribution in [1.82, 2.24) is 13.9 Å². The third-order valence-corrected chi connectivity index (χ3v) is 6.97. The maximum absolute atomic E-state index is 12.7. The van der Waals surface area contributed by atoms with E-state index >= 15 is 0 Å². The Morgan fingerprint density at radius 3 is 2.39 bits per heavy atom. The van der Waals surface area contributed by atoms with Gasteiger partial charge in [-0.2, -0.15) is 17.0 Å². The van der Waals surface area contributed by atoms with Gasteiger partial charge >= 0.3 is 0 Å². The largest absolute Gasteiger partial charge is 0.350 e. The summed E-state index contributed by atoms with van der Waals surface area (Å²) >= 11 is 0. The van der Waals surface area contributed by atoms with Crippen LogP contribution >= 0.6 is 0 Å². The number of hydrogen-bond donors (Lipinski definition) is 2. The Kier molecular flexibility index (Phi) is 7.56. The Balaban J connectivity index is 2.02. The van der Waals surface area contributed by atoms with Crippen molar-refractivity contribution in [3.8, 4) is 0 Å². The van der Waals surface area contributed by atoms with Crippen LogP contribution < -0.4 is 10.6 Å². The van der Waals surface area contributed by atoms with Gasteiger partial charge in [0, 0.05) is 39.1 Å². The molecule has 1 aromatic rings. The minimum Gasteiger partial charge on any atom is -0.350 e. The van der Waals surface area contributed by atoms with E-state index in [1.165, 1.54) is 22.7 Å². The van der Waals surface area contributed by atoms with Crippen LogP contribution in [0.2, 0.25) is 0 Å². The molecule has 0 spiro atoms. The molecule has 1 heterocycles. The second kappa shape index (κ2) is 9.49. The smallest absolute Gasteiger partial charge is 0.281 e. The second-order valence-electron chi connectivity index (χ2n) is 7.28. The van der Waals surface area contributed by atoms with E-state index in [1.54, 1.807) is 24.3 Å². The SMILES string of the molecule is CC[C@H](C)NC(=O)c1ccccc1NC(=O)C1CCN(S(=O)(=O)N(C)C)CC1. The van der Waals surface area contributed by atoms with E-state index in [4.69, 9.17) is 0 Å². The van der Waals surface area contributed by atoms with Gasteiger partial charge in [-0.3, -0.25) is 9.59 Å². The highest BCUT2D eigenvalue weighted by molar-refractivity contribution is 7.86. The first-order valence-corrected chi connectivity index (χ1v) is 10.9. The van der Waals surface area contributed by atoms with Gasteiger partial charge in [-0.1, -0.05) is 19.1 Å². The summed E-state index contributed by atoms with van der Waals surface area (Å²) in [6, 6.07) is 6.95. The van der Waals surface area contributed by atoms with Crippen LogP contribution in [0.5, 0.6) is 0 Å². The fraction of sp³-hybridized carbons (Fsp3) is 0.579. The molecule has 1 atom stereocenters. The van der Waals surface area contributed by atoms with Gasteiger partial charge < -0.3 is 10.6 Å². The maximum Gasteiger partial charge on any atom is 0.281 e. The predicted octanol–water partition coefficient (Wildman–Crippen LogP) is 1.67. The van der Waals surface area contributed by atoms with E-state index in [0.29, 0.717) is 37.2 Å². The van der Waals surface area contributed by atoms with Gasteiger partial charge in [0.25, 0.3) is 16.1 Å². The average molecular weight is 411 g/mol. The number of rotatable bonds is 7. The lowest BCUT2D eigenvalue weighted by Gasteiger charge is -2.32. The minimum absolute atomic E-state index is 0.0410. The molecule has 0 saturated carbocycles. The minimum atomic E-state index is -3.46. The molecular formula is C19H30N4O4S. The molecule has 28 heavy (non-hydrogen) atoms. The lowest BCUT2D eigenvalue weighted by molar-refractivity contribution is -0.120. The molecule has 1 aliphatic rings. The number of amides is 2. The normalized spacial score (nSPS) is 17.3. The summed E-state index contributed by atoms with van der Waals surface area (Å²) in [6.45, 7) is 4.51. The maximum atomic E-state index is 12.7. The predicted molar refractivity (Wildman–Crippen MR) is 109 cm³/mol. The standard InChI is InChI=1S/C19H30N4O4S/c1-5-14(2)20-19(25)16-8-6-7-9-17(16)21-18(24)15-10-12-23(13-11-15)28(26,27)22(3)4/h6-9,14-15H,5,10-13H2,1-4H3,(H,20,25)(H,21,24)/t14-/m0/s1. The quantitative estimate of drug-likeness (QED) is 0.714. The van der Waals surface area contributed by atoms with E-state index in [-0.39, 0.29) is 23.8 Å². The van der Waals surface area contributed by atoms with Crippen LogP contribution in [0.4, 0.5) is 5.69 Å². The number of nitrogens with one attached hydrogen (secondary N) is 2. The molecule has 9 heteroatoms. The van der Waals surface area contributed by atoms with Crippen LogP contribution in [0, 0.1) is 5.92 Å². The topological polar surface area (TPSA) is 98.8 Å². The summed E-state index contributed by atoms with van der Waals surface area (Å²) < 4.78 is 27.0. The first kappa shape index (κ1) is 22.3. The third kappa shape index (κ3) is 5.30. The molecule has 0 aromatic heterocycles. The number of piperidine rings is 1. The van der Waals surface area contributed by atoms with Gasteiger partial charge in [-0.25, -0.2) is 0 Å². The Morgan fingerprint density at radius 1 is 1.21 bits per heavy atom. The van der Waals surface area contributed by atoms with Gasteiger partial charge in [-0.05, 0) is 38.3 Å². The molecule has 2 amide bonds. The number of nitrogens with zero attached hydrogens (tertiary/aromatic N) is 2. The van der Waals surface area contributed by atoms with Crippen LogP contribution in [0.25, 0.3) is 0 Å². The van der Waals surface area contributed by atoms with Crippen molar-refractivity contribution in [3.05, 3.63) is 29.8 Å². The fourth-order valence-corrected chi connectivity index (χ4v) is 4.14. The summed E-state index contributed by atoms with van der Waals surface area (Å²) in [5, 5.41) is 5.75. The molecule has 1 saturated heterocycles. The zero-order valence-electron chi connectivity index (χ0n) is 16.9. The van der Waals surface area contributed by atoms with E-state index in [2.05, 4.69) is 10.6 Å². The number of para-hydroxylation sites is 1. The highest BCUT2D eigenvalue weighted by atomic mass is 32.2. The lowest BCUT2D eigenvalue weighted by Crippen LogP contribution is -2.46. The molecular weight excluding hydrogens is 380 g/mol. The van der Waals surface area contributed by atoms with Crippen molar-refractivity contribution in [1.29, 1.82) is 0 Å². The monoisotopic (exact) mass is 410 g/mol. The van der Waals surface area contributed by atoms with Crippen molar-refractivity contribution < 1.29 is 18.0 Å². The summed E-state index contributed by atoms with van der Waals surface area (Å²) in [5.74, 6) is -0.706. The van der Waals surface area contributed by atoms with Gasteiger partial charge in [0.05, 0.1) is 11.3 Å². The number of anilines is 1. The van der Waals surface area contributed by atoms with Gasteiger partial charge in [0.2, 0.25) is 5.91 Å². The first-order chi connectivity index (χ1) is 13.2. The highest BCUT2D eigenvalue weighted by Gasteiger charge is 2.32. The van der Waals surface area contributed by atoms with Crippen molar-refractivity contribution in [2.45, 2.75) is 39.2 Å². The van der Waals surface area contributed by atoms with E-state index < -0.39 is 10.2 Å². The third-order valence-electron chi connectivity index (χ3n) is 5.03. The van der Waals surface area contributed by atoms with Crippen molar-refractivity contribution >= 4 is 27.7 Å². The lowest BCUT2D eigenvalue weighted by atomic mass is 9.97. The van der Waals surface area contributed by atoms with Crippen LogP contribution in [0.15, 0.2) is 24.3 Å². The van der Waals surface area contributed by atoms with Crippen LogP contribution in [0.1, 0.15) is 43.5 Å². The Bertz CT molecular complexity index is 802. The van der Waals surface area contributed by atoms with Gasteiger partial charge in [0.15, 0.2) is 0 Å². The van der Waals surface area contributed by atoms with E-state index in [1.807, 2.05) is 13.8 Å². The Labute approximate surface area is 167 Å². The number of benzene rings is 1. The Morgan fingerprint density at radius 2 is 1.82 bits per heavy atom. The summed E-state index contributed by atoms with van der Waals surface area (Å²) in [5.41, 5.74) is 0.889.